The van der Waals surface area contributed by atoms with Gasteiger partial charge in [0.2, 0.25) is 5.88 Å². The number of likely N-dealkylation sites (tertiary alicyclic amines) is 1. The maximum absolute atomic E-state index is 12.1. The van der Waals surface area contributed by atoms with Crippen molar-refractivity contribution in [2.45, 2.75) is 13.0 Å². The van der Waals surface area contributed by atoms with E-state index in [0.29, 0.717) is 24.5 Å². The number of ether oxygens (including phenoxy) is 1. The Bertz CT molecular complexity index is 699. The Morgan fingerprint density at radius 2 is 2.14 bits per heavy atom. The molecule has 0 aromatic carbocycles. The summed E-state index contributed by atoms with van der Waals surface area (Å²) in [5.41, 5.74) is 0.780. The molecule has 1 fully saturated rings. The van der Waals surface area contributed by atoms with Gasteiger partial charge in [-0.25, -0.2) is 9.78 Å². The molecule has 0 unspecified atom stereocenters. The van der Waals surface area contributed by atoms with Gasteiger partial charge in [-0.3, -0.25) is 4.79 Å². The van der Waals surface area contributed by atoms with E-state index in [9.17, 15) is 9.59 Å². The first-order chi connectivity index (χ1) is 10.1. The summed E-state index contributed by atoms with van der Waals surface area (Å²) in [4.78, 5) is 28.8. The predicted octanol–water partition coefficient (Wildman–Crippen LogP) is 1.25. The quantitative estimate of drug-likeness (QED) is 0.849. The number of aryl methyl sites for hydroxylation is 1. The normalized spacial score (nSPS) is 14.6. The summed E-state index contributed by atoms with van der Waals surface area (Å²) >= 11 is 0. The lowest BCUT2D eigenvalue weighted by atomic mass is 10.1. The molecule has 1 aliphatic rings. The Balaban J connectivity index is 1.57. The summed E-state index contributed by atoms with van der Waals surface area (Å²) in [5, 5.41) is 0. The molecule has 3 heterocycles. The van der Waals surface area contributed by atoms with Crippen LogP contribution in [-0.4, -0.2) is 35.0 Å². The van der Waals surface area contributed by atoms with E-state index in [4.69, 9.17) is 4.74 Å². The molecule has 6 nitrogen and oxygen atoms in total. The number of hydrogen-bond donors (Lipinski definition) is 0. The molecule has 21 heavy (non-hydrogen) atoms. The summed E-state index contributed by atoms with van der Waals surface area (Å²) in [6.45, 7) is 2.88. The Morgan fingerprint density at radius 3 is 2.81 bits per heavy atom. The Morgan fingerprint density at radius 1 is 1.33 bits per heavy atom. The van der Waals surface area contributed by atoms with Crippen LogP contribution in [0.1, 0.15) is 16.1 Å². The van der Waals surface area contributed by atoms with Crippen LogP contribution in [0.4, 0.5) is 0 Å². The van der Waals surface area contributed by atoms with Gasteiger partial charge in [0.25, 0.3) is 5.91 Å². The smallest absolute Gasteiger partial charge is 0.335 e. The molecule has 1 aliphatic heterocycles. The second kappa shape index (κ2) is 5.40. The Hall–Kier alpha value is -2.63. The van der Waals surface area contributed by atoms with Crippen LogP contribution >= 0.6 is 0 Å². The standard InChI is InChI=1S/C15H14N2O4/c1-10-3-2-4-13(16-10)21-12-7-17(8-12)15(19)11-5-6-14(18)20-9-11/h2-6,9,12H,7-8H2,1H3. The molecule has 0 bridgehead atoms. The zero-order chi connectivity index (χ0) is 14.8. The first-order valence-electron chi connectivity index (χ1n) is 6.60. The highest BCUT2D eigenvalue weighted by Crippen LogP contribution is 2.18. The molecule has 6 heteroatoms. The Labute approximate surface area is 121 Å². The van der Waals surface area contributed by atoms with Crippen LogP contribution in [0.15, 0.2) is 45.8 Å². The summed E-state index contributed by atoms with van der Waals surface area (Å²) in [6.07, 6.45) is 1.13. The maximum Gasteiger partial charge on any atom is 0.335 e. The second-order valence-electron chi connectivity index (χ2n) is 4.91. The monoisotopic (exact) mass is 286 g/mol. The highest BCUT2D eigenvalue weighted by Gasteiger charge is 2.33. The van der Waals surface area contributed by atoms with E-state index in [1.165, 1.54) is 18.4 Å². The van der Waals surface area contributed by atoms with Gasteiger partial charge in [-0.05, 0) is 19.1 Å². The van der Waals surface area contributed by atoms with Gasteiger partial charge in [0, 0.05) is 17.8 Å². The number of carbonyl (C=O) groups excluding carboxylic acids is 1. The number of rotatable bonds is 3. The van der Waals surface area contributed by atoms with Crippen LogP contribution in [0, 0.1) is 6.92 Å². The number of aromatic nitrogens is 1. The van der Waals surface area contributed by atoms with Crippen molar-refractivity contribution in [3.63, 3.8) is 0 Å². The van der Waals surface area contributed by atoms with Crippen molar-refractivity contribution in [1.82, 2.24) is 9.88 Å². The fourth-order valence-corrected chi connectivity index (χ4v) is 2.10. The van der Waals surface area contributed by atoms with Crippen molar-refractivity contribution >= 4 is 5.91 Å². The average molecular weight is 286 g/mol. The van der Waals surface area contributed by atoms with Crippen molar-refractivity contribution in [3.05, 3.63) is 58.3 Å². The SMILES string of the molecule is Cc1cccc(OC2CN(C(=O)c3ccc(=O)oc3)C2)n1. The molecule has 3 rings (SSSR count). The third-order valence-corrected chi connectivity index (χ3v) is 3.23. The van der Waals surface area contributed by atoms with Crippen molar-refractivity contribution in [1.29, 1.82) is 0 Å². The maximum atomic E-state index is 12.1. The lowest BCUT2D eigenvalue weighted by Gasteiger charge is -2.38. The lowest BCUT2D eigenvalue weighted by Crippen LogP contribution is -2.56. The van der Waals surface area contributed by atoms with Crippen LogP contribution in [0.5, 0.6) is 5.88 Å². The van der Waals surface area contributed by atoms with Crippen LogP contribution in [-0.2, 0) is 0 Å². The molecule has 0 radical (unpaired) electrons. The van der Waals surface area contributed by atoms with E-state index in [0.717, 1.165) is 5.69 Å². The zero-order valence-electron chi connectivity index (χ0n) is 11.5. The molecular formula is C15H14N2O4. The van der Waals surface area contributed by atoms with E-state index in [-0.39, 0.29) is 12.0 Å². The highest BCUT2D eigenvalue weighted by molar-refractivity contribution is 5.94. The molecule has 0 N–H and O–H groups in total. The number of nitrogens with zero attached hydrogens (tertiary/aromatic N) is 2. The molecule has 2 aromatic rings. The lowest BCUT2D eigenvalue weighted by molar-refractivity contribution is 0.0157. The zero-order valence-corrected chi connectivity index (χ0v) is 11.5. The van der Waals surface area contributed by atoms with E-state index in [1.54, 1.807) is 11.0 Å². The van der Waals surface area contributed by atoms with Gasteiger partial charge in [0.1, 0.15) is 12.4 Å². The summed E-state index contributed by atoms with van der Waals surface area (Å²) in [6, 6.07) is 8.27. The molecule has 1 amide bonds. The second-order valence-corrected chi connectivity index (χ2v) is 4.91. The van der Waals surface area contributed by atoms with E-state index < -0.39 is 5.63 Å². The fraction of sp³-hybridized carbons (Fsp3) is 0.267. The van der Waals surface area contributed by atoms with Crippen molar-refractivity contribution in [2.24, 2.45) is 0 Å². The minimum atomic E-state index is -0.470. The van der Waals surface area contributed by atoms with Gasteiger partial charge in [0.05, 0.1) is 18.7 Å². The van der Waals surface area contributed by atoms with Crippen LogP contribution < -0.4 is 10.4 Å². The van der Waals surface area contributed by atoms with Crippen molar-refractivity contribution in [2.75, 3.05) is 13.1 Å². The minimum absolute atomic E-state index is 0.0565. The first kappa shape index (κ1) is 13.4. The number of pyridine rings is 1. The molecule has 2 aromatic heterocycles. The summed E-state index contributed by atoms with van der Waals surface area (Å²) < 4.78 is 10.4. The predicted molar refractivity (Wildman–Crippen MR) is 74.3 cm³/mol. The number of carbonyl (C=O) groups is 1. The van der Waals surface area contributed by atoms with E-state index in [1.807, 2.05) is 19.1 Å². The van der Waals surface area contributed by atoms with Crippen LogP contribution in [0.2, 0.25) is 0 Å². The van der Waals surface area contributed by atoms with E-state index in [2.05, 4.69) is 9.40 Å². The fourth-order valence-electron chi connectivity index (χ4n) is 2.10. The number of hydrogen-bond acceptors (Lipinski definition) is 5. The average Bonchev–Trinajstić information content (AvgIpc) is 2.42. The molecule has 0 spiro atoms. The summed E-state index contributed by atoms with van der Waals surface area (Å²) in [5.74, 6) is 0.397. The molecule has 0 saturated carbocycles. The molecule has 1 saturated heterocycles. The van der Waals surface area contributed by atoms with Gasteiger partial charge in [-0.2, -0.15) is 0 Å². The van der Waals surface area contributed by atoms with Gasteiger partial charge in [-0.1, -0.05) is 6.07 Å². The van der Waals surface area contributed by atoms with Crippen LogP contribution in [0.25, 0.3) is 0 Å². The topological polar surface area (TPSA) is 72.6 Å². The summed E-state index contributed by atoms with van der Waals surface area (Å²) in [7, 11) is 0. The van der Waals surface area contributed by atoms with Gasteiger partial charge in [0.15, 0.2) is 0 Å². The van der Waals surface area contributed by atoms with Gasteiger partial charge >= 0.3 is 5.63 Å². The van der Waals surface area contributed by atoms with Gasteiger partial charge < -0.3 is 14.1 Å². The Kier molecular flexibility index (Phi) is 3.43. The third-order valence-electron chi connectivity index (χ3n) is 3.23. The van der Waals surface area contributed by atoms with Gasteiger partial charge in [-0.15, -0.1) is 0 Å². The van der Waals surface area contributed by atoms with Crippen LogP contribution in [0.3, 0.4) is 0 Å². The molecular weight excluding hydrogens is 272 g/mol. The molecule has 108 valence electrons. The van der Waals surface area contributed by atoms with E-state index >= 15 is 0 Å². The minimum Gasteiger partial charge on any atom is -0.471 e. The van der Waals surface area contributed by atoms with Crippen molar-refractivity contribution in [3.8, 4) is 5.88 Å². The largest absolute Gasteiger partial charge is 0.471 e. The third kappa shape index (κ3) is 2.94. The molecule has 0 atom stereocenters. The highest BCUT2D eigenvalue weighted by atomic mass is 16.5. The first-order valence-corrected chi connectivity index (χ1v) is 6.60. The number of amides is 1. The van der Waals surface area contributed by atoms with Crippen molar-refractivity contribution < 1.29 is 13.9 Å². The molecule has 0 aliphatic carbocycles.